The van der Waals surface area contributed by atoms with Crippen molar-refractivity contribution in [2.75, 3.05) is 6.61 Å². The third-order valence-corrected chi connectivity index (χ3v) is 4.31. The zero-order valence-corrected chi connectivity index (χ0v) is 16.2. The lowest BCUT2D eigenvalue weighted by Crippen LogP contribution is -2.08. The normalized spacial score (nSPS) is 12.6. The van der Waals surface area contributed by atoms with Crippen molar-refractivity contribution in [1.29, 1.82) is 0 Å². The largest absolute Gasteiger partial charge is 0.508 e. The number of allylic oxidation sites excluding steroid dienone is 1. The second-order valence-electron chi connectivity index (χ2n) is 6.73. The lowest BCUT2D eigenvalue weighted by molar-refractivity contribution is 0.0566. The van der Waals surface area contributed by atoms with Gasteiger partial charge in [0.25, 0.3) is 0 Å². The predicted molar refractivity (Wildman–Crippen MR) is 107 cm³/mol. The van der Waals surface area contributed by atoms with E-state index in [2.05, 4.69) is 29.9 Å². The number of phenolic OH excluding ortho intramolecular Hbond substituents is 1. The highest BCUT2D eigenvalue weighted by molar-refractivity contribution is 5.58. The van der Waals surface area contributed by atoms with Gasteiger partial charge >= 0.3 is 0 Å². The summed E-state index contributed by atoms with van der Waals surface area (Å²) in [5, 5.41) is 9.27. The molecule has 0 radical (unpaired) electrons. The molecule has 0 saturated heterocycles. The van der Waals surface area contributed by atoms with Crippen molar-refractivity contribution in [3.05, 3.63) is 48.0 Å². The van der Waals surface area contributed by atoms with E-state index in [1.807, 2.05) is 6.08 Å². The molecule has 1 heterocycles. The SMILES string of the molecule is CCCCCOC(C)CCC/C=C/c1cnc(-c2ccc(O)cc2F)nc1. The van der Waals surface area contributed by atoms with Crippen LogP contribution in [0.4, 0.5) is 4.39 Å². The van der Waals surface area contributed by atoms with Crippen LogP contribution in [0.15, 0.2) is 36.7 Å². The third-order valence-electron chi connectivity index (χ3n) is 4.31. The zero-order chi connectivity index (χ0) is 19.5. The summed E-state index contributed by atoms with van der Waals surface area (Å²) in [4.78, 5) is 8.42. The first-order chi connectivity index (χ1) is 13.1. The van der Waals surface area contributed by atoms with Crippen LogP contribution in [0.1, 0.15) is 57.9 Å². The molecule has 2 aromatic rings. The van der Waals surface area contributed by atoms with Gasteiger partial charge in [-0.2, -0.15) is 0 Å². The Bertz CT molecular complexity index is 717. The van der Waals surface area contributed by atoms with Gasteiger partial charge in [-0.05, 0) is 44.7 Å². The Balaban J connectivity index is 1.74. The number of unbranched alkanes of at least 4 members (excludes halogenated alkanes) is 3. The van der Waals surface area contributed by atoms with Crippen LogP contribution in [-0.4, -0.2) is 27.8 Å². The van der Waals surface area contributed by atoms with Crippen molar-refractivity contribution in [2.24, 2.45) is 0 Å². The Morgan fingerprint density at radius 2 is 1.96 bits per heavy atom. The number of phenols is 1. The highest BCUT2D eigenvalue weighted by Crippen LogP contribution is 2.22. The van der Waals surface area contributed by atoms with Crippen LogP contribution >= 0.6 is 0 Å². The van der Waals surface area contributed by atoms with Gasteiger partial charge in [-0.3, -0.25) is 0 Å². The van der Waals surface area contributed by atoms with Crippen molar-refractivity contribution in [2.45, 2.75) is 58.5 Å². The van der Waals surface area contributed by atoms with Gasteiger partial charge in [-0.15, -0.1) is 0 Å². The number of halogens is 1. The first-order valence-electron chi connectivity index (χ1n) is 9.69. The van der Waals surface area contributed by atoms with Gasteiger partial charge in [0.1, 0.15) is 11.6 Å². The van der Waals surface area contributed by atoms with Crippen LogP contribution in [0.5, 0.6) is 5.75 Å². The maximum Gasteiger partial charge on any atom is 0.162 e. The number of aromatic hydroxyl groups is 1. The third kappa shape index (κ3) is 7.47. The molecule has 0 fully saturated rings. The quantitative estimate of drug-likeness (QED) is 0.509. The van der Waals surface area contributed by atoms with Crippen LogP contribution in [-0.2, 0) is 4.74 Å². The molecule has 1 unspecified atom stereocenters. The van der Waals surface area contributed by atoms with Gasteiger partial charge in [0, 0.05) is 30.6 Å². The fraction of sp³-hybridized carbons (Fsp3) is 0.455. The second kappa shape index (κ2) is 11.4. The molecule has 0 saturated carbocycles. The summed E-state index contributed by atoms with van der Waals surface area (Å²) in [6, 6.07) is 3.95. The monoisotopic (exact) mass is 372 g/mol. The van der Waals surface area contributed by atoms with Gasteiger partial charge in [0.2, 0.25) is 0 Å². The standard InChI is InChI=1S/C22H29FN2O2/c1-3-4-8-13-27-17(2)9-6-5-7-10-18-15-24-22(25-16-18)20-12-11-19(26)14-21(20)23/h7,10-12,14-17,26H,3-6,8-9,13H2,1-2H3/b10-7+. The Labute approximate surface area is 161 Å². The van der Waals surface area contributed by atoms with Crippen LogP contribution in [0.25, 0.3) is 17.5 Å². The number of hydrogen-bond acceptors (Lipinski definition) is 4. The Hall–Kier alpha value is -2.27. The average Bonchev–Trinajstić information content (AvgIpc) is 2.66. The molecule has 2 rings (SSSR count). The first kappa shape index (κ1) is 21.0. The van der Waals surface area contributed by atoms with Crippen LogP contribution < -0.4 is 0 Å². The van der Waals surface area contributed by atoms with Gasteiger partial charge in [0.05, 0.1) is 11.7 Å². The van der Waals surface area contributed by atoms with Crippen molar-refractivity contribution >= 4 is 6.08 Å². The zero-order valence-electron chi connectivity index (χ0n) is 16.2. The molecule has 1 atom stereocenters. The topological polar surface area (TPSA) is 55.2 Å². The van der Waals surface area contributed by atoms with E-state index in [1.165, 1.54) is 25.0 Å². The van der Waals surface area contributed by atoms with Gasteiger partial charge < -0.3 is 9.84 Å². The van der Waals surface area contributed by atoms with E-state index in [0.717, 1.165) is 43.9 Å². The highest BCUT2D eigenvalue weighted by Gasteiger charge is 2.08. The molecule has 0 bridgehead atoms. The summed E-state index contributed by atoms with van der Waals surface area (Å²) in [5.74, 6) is -0.348. The summed E-state index contributed by atoms with van der Waals surface area (Å²) >= 11 is 0. The molecule has 1 aromatic heterocycles. The minimum absolute atomic E-state index is 0.114. The molecule has 0 aliphatic rings. The molecule has 0 aliphatic carbocycles. The van der Waals surface area contributed by atoms with E-state index in [9.17, 15) is 9.50 Å². The molecule has 27 heavy (non-hydrogen) atoms. The highest BCUT2D eigenvalue weighted by atomic mass is 19.1. The minimum Gasteiger partial charge on any atom is -0.508 e. The Morgan fingerprint density at radius 1 is 1.19 bits per heavy atom. The average molecular weight is 372 g/mol. The molecule has 4 nitrogen and oxygen atoms in total. The van der Waals surface area contributed by atoms with E-state index in [1.54, 1.807) is 12.4 Å². The number of hydrogen-bond donors (Lipinski definition) is 1. The predicted octanol–water partition coefficient (Wildman–Crippen LogP) is 5.77. The number of benzene rings is 1. The number of rotatable bonds is 11. The number of ether oxygens (including phenoxy) is 1. The number of aromatic nitrogens is 2. The Morgan fingerprint density at radius 3 is 2.67 bits per heavy atom. The molecule has 0 amide bonds. The van der Waals surface area contributed by atoms with Crippen molar-refractivity contribution in [1.82, 2.24) is 9.97 Å². The lowest BCUT2D eigenvalue weighted by Gasteiger charge is -2.11. The van der Waals surface area contributed by atoms with Crippen LogP contribution in [0.3, 0.4) is 0 Å². The van der Waals surface area contributed by atoms with E-state index >= 15 is 0 Å². The van der Waals surface area contributed by atoms with Gasteiger partial charge in [-0.25, -0.2) is 14.4 Å². The molecule has 0 aliphatic heterocycles. The maximum absolute atomic E-state index is 13.8. The van der Waals surface area contributed by atoms with E-state index in [-0.39, 0.29) is 11.3 Å². The fourth-order valence-corrected chi connectivity index (χ4v) is 2.71. The molecule has 146 valence electrons. The van der Waals surface area contributed by atoms with Crippen molar-refractivity contribution in [3.8, 4) is 17.1 Å². The fourth-order valence-electron chi connectivity index (χ4n) is 2.71. The molecule has 1 N–H and O–H groups in total. The summed E-state index contributed by atoms with van der Waals surface area (Å²) in [6.45, 7) is 5.18. The van der Waals surface area contributed by atoms with Crippen LogP contribution in [0, 0.1) is 5.82 Å². The molecule has 0 spiro atoms. The molecular weight excluding hydrogens is 343 g/mol. The molecule has 1 aromatic carbocycles. The summed E-state index contributed by atoms with van der Waals surface area (Å²) in [7, 11) is 0. The first-order valence-corrected chi connectivity index (χ1v) is 9.69. The Kier molecular flexibility index (Phi) is 8.92. The number of nitrogens with zero attached hydrogens (tertiary/aromatic N) is 2. The summed E-state index contributed by atoms with van der Waals surface area (Å²) < 4.78 is 19.6. The smallest absolute Gasteiger partial charge is 0.162 e. The van der Waals surface area contributed by atoms with Gasteiger partial charge in [0.15, 0.2) is 5.82 Å². The van der Waals surface area contributed by atoms with E-state index < -0.39 is 5.82 Å². The summed E-state index contributed by atoms with van der Waals surface area (Å²) in [6.07, 6.45) is 14.4. The molecule has 5 heteroatoms. The van der Waals surface area contributed by atoms with Crippen molar-refractivity contribution in [3.63, 3.8) is 0 Å². The van der Waals surface area contributed by atoms with Gasteiger partial charge in [-0.1, -0.05) is 31.9 Å². The van der Waals surface area contributed by atoms with E-state index in [4.69, 9.17) is 4.74 Å². The van der Waals surface area contributed by atoms with Crippen LogP contribution in [0.2, 0.25) is 0 Å². The lowest BCUT2D eigenvalue weighted by atomic mass is 10.1. The minimum atomic E-state index is -0.538. The van der Waals surface area contributed by atoms with E-state index in [0.29, 0.717) is 11.9 Å². The molecular formula is C22H29FN2O2. The summed E-state index contributed by atoms with van der Waals surface area (Å²) in [5.41, 5.74) is 1.15. The maximum atomic E-state index is 13.8. The second-order valence-corrected chi connectivity index (χ2v) is 6.73. The van der Waals surface area contributed by atoms with Crippen molar-refractivity contribution < 1.29 is 14.2 Å².